The second-order valence-electron chi connectivity index (χ2n) is 8.06. The van der Waals surface area contributed by atoms with Crippen LogP contribution in [0.25, 0.3) is 22.3 Å². The number of hydrogen-bond acceptors (Lipinski definition) is 2. The van der Waals surface area contributed by atoms with Gasteiger partial charge in [-0.2, -0.15) is 5.10 Å². The maximum Gasteiger partial charge on any atom is 0.258 e. The third kappa shape index (κ3) is 3.12. The molecular weight excluding hydrogens is 360 g/mol. The molecule has 2 heterocycles. The summed E-state index contributed by atoms with van der Waals surface area (Å²) in [5.74, 6) is 0.686. The first-order valence-electron chi connectivity index (χ1n) is 10.1. The highest BCUT2D eigenvalue weighted by Gasteiger charge is 2.22. The second-order valence-corrected chi connectivity index (χ2v) is 8.06. The van der Waals surface area contributed by atoms with E-state index in [4.69, 9.17) is 0 Å². The van der Waals surface area contributed by atoms with Crippen molar-refractivity contribution >= 4 is 22.5 Å². The molecule has 2 aromatic carbocycles. The molecule has 0 spiro atoms. The molecule has 5 nitrogen and oxygen atoms in total. The number of aromatic amines is 2. The van der Waals surface area contributed by atoms with Gasteiger partial charge >= 0.3 is 0 Å². The van der Waals surface area contributed by atoms with Crippen molar-refractivity contribution in [3.63, 3.8) is 0 Å². The van der Waals surface area contributed by atoms with Gasteiger partial charge in [0.25, 0.3) is 5.91 Å². The van der Waals surface area contributed by atoms with Gasteiger partial charge in [0.15, 0.2) is 0 Å². The summed E-state index contributed by atoms with van der Waals surface area (Å²) in [6.07, 6.45) is 3.34. The topological polar surface area (TPSA) is 64.8 Å². The fraction of sp³-hybridized carbons (Fsp3) is 0.250. The summed E-state index contributed by atoms with van der Waals surface area (Å²) in [4.78, 5) is 18.0. The highest BCUT2D eigenvalue weighted by molar-refractivity contribution is 6.06. The van der Waals surface area contributed by atoms with Gasteiger partial charge in [0.1, 0.15) is 5.69 Å². The average molecular weight is 384 g/mol. The molecular formula is C24H24N4O. The van der Waals surface area contributed by atoms with E-state index in [-0.39, 0.29) is 5.91 Å². The monoisotopic (exact) mass is 384 g/mol. The van der Waals surface area contributed by atoms with E-state index in [0.29, 0.717) is 11.5 Å². The van der Waals surface area contributed by atoms with Crippen molar-refractivity contribution in [2.24, 2.45) is 5.92 Å². The van der Waals surface area contributed by atoms with E-state index in [1.807, 2.05) is 49.5 Å². The Morgan fingerprint density at radius 3 is 2.79 bits per heavy atom. The van der Waals surface area contributed by atoms with E-state index >= 15 is 0 Å². The highest BCUT2D eigenvalue weighted by Crippen LogP contribution is 2.33. The number of rotatable bonds is 3. The van der Waals surface area contributed by atoms with Crippen molar-refractivity contribution in [2.75, 3.05) is 11.9 Å². The number of H-pyrrole nitrogens is 2. The number of carbonyl (C=O) groups excluding carboxylic acids is 1. The van der Waals surface area contributed by atoms with Crippen LogP contribution in [0.5, 0.6) is 0 Å². The Bertz CT molecular complexity index is 1190. The third-order valence-corrected chi connectivity index (χ3v) is 5.97. The highest BCUT2D eigenvalue weighted by atomic mass is 16.2. The molecule has 29 heavy (non-hydrogen) atoms. The second kappa shape index (κ2) is 6.92. The fourth-order valence-corrected chi connectivity index (χ4v) is 4.25. The molecule has 0 fully saturated rings. The van der Waals surface area contributed by atoms with Crippen molar-refractivity contribution in [2.45, 2.75) is 26.2 Å². The molecule has 1 aliphatic rings. The van der Waals surface area contributed by atoms with Gasteiger partial charge in [0.05, 0.1) is 5.69 Å². The van der Waals surface area contributed by atoms with Crippen LogP contribution >= 0.6 is 0 Å². The number of carbonyl (C=O) groups is 1. The molecule has 1 aliphatic carbocycles. The van der Waals surface area contributed by atoms with E-state index in [2.05, 4.69) is 34.2 Å². The number of nitrogens with one attached hydrogen (secondary N) is 2. The quantitative estimate of drug-likeness (QED) is 0.524. The molecule has 5 heteroatoms. The Kier molecular flexibility index (Phi) is 4.23. The molecule has 1 atom stereocenters. The van der Waals surface area contributed by atoms with Crippen molar-refractivity contribution in [3.8, 4) is 11.4 Å². The number of anilines is 1. The summed E-state index contributed by atoms with van der Waals surface area (Å²) < 4.78 is 0. The van der Waals surface area contributed by atoms with E-state index in [1.165, 1.54) is 17.7 Å². The molecule has 0 saturated heterocycles. The minimum Gasteiger partial charge on any atom is -0.353 e. The van der Waals surface area contributed by atoms with E-state index in [0.717, 1.165) is 40.8 Å². The van der Waals surface area contributed by atoms with Crippen LogP contribution in [0.15, 0.2) is 54.6 Å². The largest absolute Gasteiger partial charge is 0.353 e. The Hall–Kier alpha value is -3.34. The average Bonchev–Trinajstić information content (AvgIpc) is 3.36. The van der Waals surface area contributed by atoms with Gasteiger partial charge in [-0.05, 0) is 55.5 Å². The lowest BCUT2D eigenvalue weighted by Gasteiger charge is -2.17. The number of aromatic nitrogens is 3. The summed E-state index contributed by atoms with van der Waals surface area (Å²) in [7, 11) is 1.81. The molecule has 146 valence electrons. The van der Waals surface area contributed by atoms with Gasteiger partial charge in [-0.3, -0.25) is 9.89 Å². The Balaban J connectivity index is 1.47. The van der Waals surface area contributed by atoms with Gasteiger partial charge in [-0.25, -0.2) is 0 Å². The van der Waals surface area contributed by atoms with E-state index in [9.17, 15) is 4.79 Å². The van der Waals surface area contributed by atoms with Crippen LogP contribution in [0, 0.1) is 5.92 Å². The van der Waals surface area contributed by atoms with Crippen LogP contribution in [0.3, 0.4) is 0 Å². The van der Waals surface area contributed by atoms with Crippen molar-refractivity contribution in [3.05, 3.63) is 71.4 Å². The van der Waals surface area contributed by atoms with Crippen LogP contribution in [-0.4, -0.2) is 28.1 Å². The normalized spacial score (nSPS) is 16.0. The SMILES string of the molecule is CC1CCc2c(-c3cc4ccc(N(C)C(=O)c5ccccc5)cc4[nH]3)n[nH]c2C1. The number of fused-ring (bicyclic) bond motifs is 2. The van der Waals surface area contributed by atoms with E-state index < -0.39 is 0 Å². The first-order valence-corrected chi connectivity index (χ1v) is 10.1. The van der Waals surface area contributed by atoms with Crippen molar-refractivity contribution in [1.82, 2.24) is 15.2 Å². The zero-order valence-electron chi connectivity index (χ0n) is 16.7. The maximum atomic E-state index is 12.8. The lowest BCUT2D eigenvalue weighted by atomic mass is 9.88. The standard InChI is InChI=1S/C24H24N4O/c1-15-8-11-19-21(12-15)26-27-23(19)22-13-17-9-10-18(14-20(17)25-22)28(2)24(29)16-6-4-3-5-7-16/h3-7,9-10,13-15,25H,8,11-12H2,1-2H3,(H,26,27). The molecule has 5 rings (SSSR count). The molecule has 1 unspecified atom stereocenters. The molecule has 1 amide bonds. The van der Waals surface area contributed by atoms with Crippen molar-refractivity contribution < 1.29 is 4.79 Å². The van der Waals surface area contributed by atoms with Gasteiger partial charge in [0, 0.05) is 40.5 Å². The lowest BCUT2D eigenvalue weighted by molar-refractivity contribution is 0.0993. The predicted molar refractivity (Wildman–Crippen MR) is 116 cm³/mol. The predicted octanol–water partition coefficient (Wildman–Crippen LogP) is 4.96. The first-order chi connectivity index (χ1) is 14.1. The summed E-state index contributed by atoms with van der Waals surface area (Å²) in [6.45, 7) is 2.29. The van der Waals surface area contributed by atoms with E-state index in [1.54, 1.807) is 4.90 Å². The minimum atomic E-state index is -0.0211. The van der Waals surface area contributed by atoms with Crippen molar-refractivity contribution in [1.29, 1.82) is 0 Å². The molecule has 0 aliphatic heterocycles. The molecule has 4 aromatic rings. The summed E-state index contributed by atoms with van der Waals surface area (Å²) >= 11 is 0. The van der Waals surface area contributed by atoms with Crippen LogP contribution in [0.4, 0.5) is 5.69 Å². The lowest BCUT2D eigenvalue weighted by Crippen LogP contribution is -2.26. The Morgan fingerprint density at radius 1 is 1.14 bits per heavy atom. The minimum absolute atomic E-state index is 0.0211. The number of benzene rings is 2. The van der Waals surface area contributed by atoms with Crippen LogP contribution in [-0.2, 0) is 12.8 Å². The Morgan fingerprint density at radius 2 is 1.97 bits per heavy atom. The number of hydrogen-bond donors (Lipinski definition) is 2. The number of amides is 1. The summed E-state index contributed by atoms with van der Waals surface area (Å²) in [5.41, 5.74) is 7.21. The smallest absolute Gasteiger partial charge is 0.258 e. The zero-order valence-corrected chi connectivity index (χ0v) is 16.7. The molecule has 0 bridgehead atoms. The molecule has 0 saturated carbocycles. The summed E-state index contributed by atoms with van der Waals surface area (Å²) in [5, 5.41) is 8.96. The molecule has 2 aromatic heterocycles. The van der Waals surface area contributed by atoms with Crippen LogP contribution < -0.4 is 4.90 Å². The van der Waals surface area contributed by atoms with Gasteiger partial charge < -0.3 is 9.88 Å². The van der Waals surface area contributed by atoms with Gasteiger partial charge in [-0.15, -0.1) is 0 Å². The van der Waals surface area contributed by atoms with Gasteiger partial charge in [0.2, 0.25) is 0 Å². The molecule has 0 radical (unpaired) electrons. The maximum absolute atomic E-state index is 12.8. The van der Waals surface area contributed by atoms with Crippen LogP contribution in [0.2, 0.25) is 0 Å². The zero-order chi connectivity index (χ0) is 20.0. The van der Waals surface area contributed by atoms with Gasteiger partial charge in [-0.1, -0.05) is 31.2 Å². The first kappa shape index (κ1) is 17.7. The number of nitrogens with zero attached hydrogens (tertiary/aromatic N) is 2. The summed E-state index contributed by atoms with van der Waals surface area (Å²) in [6, 6.07) is 17.6. The fourth-order valence-electron chi connectivity index (χ4n) is 4.25. The Labute approximate surface area is 169 Å². The van der Waals surface area contributed by atoms with Crippen LogP contribution in [0.1, 0.15) is 35.0 Å². The third-order valence-electron chi connectivity index (χ3n) is 5.97. The molecule has 2 N–H and O–H groups in total.